The zero-order valence-corrected chi connectivity index (χ0v) is 12.0. The maximum Gasteiger partial charge on any atom is 0.152 e. The monoisotopic (exact) mass is 301 g/mol. The second-order valence-corrected chi connectivity index (χ2v) is 5.03. The van der Waals surface area contributed by atoms with Crippen LogP contribution in [0.3, 0.4) is 0 Å². The fourth-order valence-corrected chi connectivity index (χ4v) is 2.62. The number of rotatable bonds is 3. The number of H-pyrrole nitrogens is 1. The summed E-state index contributed by atoms with van der Waals surface area (Å²) in [5, 5.41) is 0.232. The molecule has 0 atom stereocenters. The van der Waals surface area contributed by atoms with Crippen molar-refractivity contribution in [2.75, 3.05) is 7.11 Å². The number of ether oxygens (including phenoxy) is 1. The molecule has 0 amide bonds. The fraction of sp³-hybridized carbons (Fsp3) is 0.118. The van der Waals surface area contributed by atoms with Crippen molar-refractivity contribution in [2.24, 2.45) is 0 Å². The maximum absolute atomic E-state index is 13.9. The van der Waals surface area contributed by atoms with E-state index in [1.807, 2.05) is 13.0 Å². The summed E-state index contributed by atoms with van der Waals surface area (Å²) in [4.78, 5) is 14.3. The lowest BCUT2D eigenvalue weighted by Crippen LogP contribution is -1.89. The van der Waals surface area contributed by atoms with E-state index in [0.29, 0.717) is 23.3 Å². The van der Waals surface area contributed by atoms with Crippen molar-refractivity contribution in [3.63, 3.8) is 0 Å². The van der Waals surface area contributed by atoms with Crippen LogP contribution in [0.15, 0.2) is 30.3 Å². The van der Waals surface area contributed by atoms with E-state index in [9.17, 15) is 13.6 Å². The average Bonchev–Trinajstić information content (AvgIpc) is 2.85. The molecule has 22 heavy (non-hydrogen) atoms. The normalized spacial score (nSPS) is 10.9. The molecule has 0 saturated carbocycles. The van der Waals surface area contributed by atoms with Crippen molar-refractivity contribution in [1.82, 2.24) is 4.98 Å². The number of halogens is 2. The Hall–Kier alpha value is -2.69. The lowest BCUT2D eigenvalue weighted by Gasteiger charge is -2.07. The van der Waals surface area contributed by atoms with Gasteiger partial charge in [0.25, 0.3) is 0 Å². The molecule has 0 bridgehead atoms. The first-order chi connectivity index (χ1) is 10.5. The molecule has 1 N–H and O–H groups in total. The van der Waals surface area contributed by atoms with Gasteiger partial charge in [-0.05, 0) is 42.3 Å². The largest absolute Gasteiger partial charge is 0.496 e. The summed E-state index contributed by atoms with van der Waals surface area (Å²) in [6.07, 6.45) is 0.604. The van der Waals surface area contributed by atoms with Gasteiger partial charge in [-0.25, -0.2) is 8.78 Å². The molecule has 3 rings (SSSR count). The highest BCUT2D eigenvalue weighted by atomic mass is 19.1. The standard InChI is InChI=1S/C17H13F2NO2/c1-9-5-10(3-4-15(9)22-2)16-13(8-21)12-6-11(18)7-14(19)17(12)20-16/h3-8,20H,1-2H3. The van der Waals surface area contributed by atoms with Crippen LogP contribution in [0.25, 0.3) is 22.2 Å². The first-order valence-corrected chi connectivity index (χ1v) is 6.66. The molecule has 3 aromatic rings. The van der Waals surface area contributed by atoms with Crippen molar-refractivity contribution in [2.45, 2.75) is 6.92 Å². The Morgan fingerprint density at radius 3 is 2.59 bits per heavy atom. The lowest BCUT2D eigenvalue weighted by atomic mass is 10.0. The van der Waals surface area contributed by atoms with Gasteiger partial charge in [0.2, 0.25) is 0 Å². The van der Waals surface area contributed by atoms with Crippen LogP contribution < -0.4 is 4.74 Å². The molecular formula is C17H13F2NO2. The van der Waals surface area contributed by atoms with Crippen LogP contribution in [0.1, 0.15) is 15.9 Å². The number of hydrogen-bond donors (Lipinski definition) is 1. The molecule has 5 heteroatoms. The summed E-state index contributed by atoms with van der Waals surface area (Å²) >= 11 is 0. The molecule has 2 aromatic carbocycles. The zero-order chi connectivity index (χ0) is 15.9. The van der Waals surface area contributed by atoms with Crippen LogP contribution in [-0.4, -0.2) is 18.4 Å². The number of fused-ring (bicyclic) bond motifs is 1. The zero-order valence-electron chi connectivity index (χ0n) is 12.0. The number of aldehydes is 1. The van der Waals surface area contributed by atoms with E-state index < -0.39 is 11.6 Å². The smallest absolute Gasteiger partial charge is 0.152 e. The van der Waals surface area contributed by atoms with Gasteiger partial charge in [-0.1, -0.05) is 0 Å². The third-order valence-corrected chi connectivity index (χ3v) is 3.67. The molecular weight excluding hydrogens is 288 g/mol. The van der Waals surface area contributed by atoms with Crippen molar-refractivity contribution in [1.29, 1.82) is 0 Å². The quantitative estimate of drug-likeness (QED) is 0.735. The summed E-state index contributed by atoms with van der Waals surface area (Å²) in [6.45, 7) is 1.87. The second-order valence-electron chi connectivity index (χ2n) is 5.03. The third kappa shape index (κ3) is 2.15. The predicted octanol–water partition coefficient (Wildman–Crippen LogP) is 4.24. The minimum Gasteiger partial charge on any atom is -0.496 e. The Morgan fingerprint density at radius 2 is 1.95 bits per heavy atom. The van der Waals surface area contributed by atoms with Gasteiger partial charge >= 0.3 is 0 Å². The Balaban J connectivity index is 2.29. The molecule has 0 fully saturated rings. The van der Waals surface area contributed by atoms with Crippen LogP contribution in [0.4, 0.5) is 8.78 Å². The summed E-state index contributed by atoms with van der Waals surface area (Å²) < 4.78 is 32.5. The van der Waals surface area contributed by atoms with Gasteiger partial charge in [-0.3, -0.25) is 4.79 Å². The van der Waals surface area contributed by atoms with Crippen LogP contribution in [0.5, 0.6) is 5.75 Å². The van der Waals surface area contributed by atoms with Gasteiger partial charge in [-0.15, -0.1) is 0 Å². The molecule has 3 nitrogen and oxygen atoms in total. The Kier molecular flexibility index (Phi) is 3.41. The van der Waals surface area contributed by atoms with Gasteiger partial charge in [0.05, 0.1) is 18.3 Å². The van der Waals surface area contributed by atoms with Crippen molar-refractivity contribution in [3.8, 4) is 17.0 Å². The van der Waals surface area contributed by atoms with Gasteiger partial charge in [0.15, 0.2) is 6.29 Å². The van der Waals surface area contributed by atoms with Crippen molar-refractivity contribution in [3.05, 3.63) is 53.1 Å². The number of benzene rings is 2. The first kappa shape index (κ1) is 14.3. The van der Waals surface area contributed by atoms with Crippen LogP contribution in [0, 0.1) is 18.6 Å². The number of aromatic amines is 1. The number of methoxy groups -OCH3 is 1. The summed E-state index contributed by atoms with van der Waals surface area (Å²) in [5.41, 5.74) is 2.39. The highest BCUT2D eigenvalue weighted by Crippen LogP contribution is 2.33. The Bertz CT molecular complexity index is 884. The van der Waals surface area contributed by atoms with E-state index in [1.165, 1.54) is 0 Å². The average molecular weight is 301 g/mol. The number of carbonyl (C=O) groups is 1. The molecule has 112 valence electrons. The molecule has 0 aliphatic heterocycles. The van der Waals surface area contributed by atoms with Gasteiger partial charge < -0.3 is 9.72 Å². The van der Waals surface area contributed by atoms with E-state index >= 15 is 0 Å². The van der Waals surface area contributed by atoms with Crippen molar-refractivity contribution >= 4 is 17.2 Å². The second kappa shape index (κ2) is 5.26. The minimum absolute atomic E-state index is 0.118. The number of aromatic nitrogens is 1. The van der Waals surface area contributed by atoms with Crippen LogP contribution >= 0.6 is 0 Å². The molecule has 0 aliphatic carbocycles. The van der Waals surface area contributed by atoms with Gasteiger partial charge in [0.1, 0.15) is 17.4 Å². The third-order valence-electron chi connectivity index (χ3n) is 3.67. The Morgan fingerprint density at radius 1 is 1.18 bits per heavy atom. The molecule has 1 aromatic heterocycles. The predicted molar refractivity (Wildman–Crippen MR) is 80.3 cm³/mol. The Labute approximate surface area is 125 Å². The number of aryl methyl sites for hydroxylation is 1. The van der Waals surface area contributed by atoms with Gasteiger partial charge in [0, 0.05) is 17.0 Å². The molecule has 0 unspecified atom stereocenters. The number of hydrogen-bond acceptors (Lipinski definition) is 2. The summed E-state index contributed by atoms with van der Waals surface area (Å²) in [6, 6.07) is 7.29. The SMILES string of the molecule is COc1ccc(-c2[nH]c3c(F)cc(F)cc3c2C=O)cc1C. The van der Waals surface area contributed by atoms with Gasteiger partial charge in [-0.2, -0.15) is 0 Å². The molecule has 0 spiro atoms. The van der Waals surface area contributed by atoms with E-state index in [2.05, 4.69) is 4.98 Å². The summed E-state index contributed by atoms with van der Waals surface area (Å²) in [7, 11) is 1.57. The molecule has 0 saturated heterocycles. The van der Waals surface area contributed by atoms with Crippen LogP contribution in [-0.2, 0) is 0 Å². The topological polar surface area (TPSA) is 42.1 Å². The molecule has 0 radical (unpaired) electrons. The van der Waals surface area contributed by atoms with Crippen LogP contribution in [0.2, 0.25) is 0 Å². The molecule has 0 aliphatic rings. The highest BCUT2D eigenvalue weighted by molar-refractivity contribution is 6.04. The minimum atomic E-state index is -0.727. The van der Waals surface area contributed by atoms with E-state index in [0.717, 1.165) is 17.7 Å². The fourth-order valence-electron chi connectivity index (χ4n) is 2.62. The lowest BCUT2D eigenvalue weighted by molar-refractivity contribution is 0.112. The van der Waals surface area contributed by atoms with E-state index in [4.69, 9.17) is 4.74 Å². The highest BCUT2D eigenvalue weighted by Gasteiger charge is 2.17. The maximum atomic E-state index is 13.9. The van der Waals surface area contributed by atoms with E-state index in [-0.39, 0.29) is 16.5 Å². The molecule has 1 heterocycles. The first-order valence-electron chi connectivity index (χ1n) is 6.66. The van der Waals surface area contributed by atoms with E-state index in [1.54, 1.807) is 19.2 Å². The number of nitrogens with one attached hydrogen (secondary N) is 1. The van der Waals surface area contributed by atoms with Crippen molar-refractivity contribution < 1.29 is 18.3 Å². The number of carbonyl (C=O) groups excluding carboxylic acids is 1. The summed E-state index contributed by atoms with van der Waals surface area (Å²) in [5.74, 6) is -0.733.